The molecule has 1 atom stereocenters. The van der Waals surface area contributed by atoms with Crippen LogP contribution in [-0.4, -0.2) is 31.0 Å². The van der Waals surface area contributed by atoms with Crippen molar-refractivity contribution in [2.45, 2.75) is 35.8 Å². The van der Waals surface area contributed by atoms with E-state index in [-0.39, 0.29) is 24.2 Å². The van der Waals surface area contributed by atoms with Crippen molar-refractivity contribution in [3.8, 4) is 0 Å². The van der Waals surface area contributed by atoms with Crippen LogP contribution in [0.3, 0.4) is 0 Å². The van der Waals surface area contributed by atoms with Crippen LogP contribution in [0, 0.1) is 5.92 Å². The van der Waals surface area contributed by atoms with Crippen molar-refractivity contribution in [2.24, 2.45) is 5.92 Å². The van der Waals surface area contributed by atoms with Gasteiger partial charge in [-0.1, -0.05) is 18.2 Å². The first-order chi connectivity index (χ1) is 9.93. The highest BCUT2D eigenvalue weighted by molar-refractivity contribution is 7.93. The van der Waals surface area contributed by atoms with E-state index in [1.165, 1.54) is 6.07 Å². The Bertz CT molecular complexity index is 731. The number of benzene rings is 1. The van der Waals surface area contributed by atoms with Gasteiger partial charge in [0.05, 0.1) is 4.90 Å². The van der Waals surface area contributed by atoms with E-state index in [4.69, 9.17) is 0 Å². The maximum atomic E-state index is 12.5. The zero-order valence-corrected chi connectivity index (χ0v) is 12.1. The lowest BCUT2D eigenvalue weighted by Crippen LogP contribution is -2.43. The fourth-order valence-corrected chi connectivity index (χ4v) is 5.01. The molecule has 1 unspecified atom stereocenters. The third-order valence-electron chi connectivity index (χ3n) is 4.15. The van der Waals surface area contributed by atoms with Crippen LogP contribution in [0.2, 0.25) is 0 Å². The minimum absolute atomic E-state index is 0.0500. The second-order valence-corrected chi connectivity index (χ2v) is 7.57. The summed E-state index contributed by atoms with van der Waals surface area (Å²) in [6, 6.07) is 6.42. The predicted molar refractivity (Wildman–Crippen MR) is 73.5 cm³/mol. The SMILES string of the molecule is O=C1CCCC(=O)C1C(=O)C1Cc2ccccc2S1(=O)=O. The molecule has 6 heteroatoms. The summed E-state index contributed by atoms with van der Waals surface area (Å²) in [4.78, 5) is 36.3. The molecule has 1 aromatic carbocycles. The van der Waals surface area contributed by atoms with E-state index in [1.807, 2.05) is 0 Å². The van der Waals surface area contributed by atoms with Gasteiger partial charge in [0.15, 0.2) is 27.2 Å². The topological polar surface area (TPSA) is 85.3 Å². The largest absolute Gasteiger partial charge is 0.298 e. The maximum Gasteiger partial charge on any atom is 0.188 e. The predicted octanol–water partition coefficient (Wildman–Crippen LogP) is 0.892. The molecule has 0 spiro atoms. The third-order valence-corrected chi connectivity index (χ3v) is 6.31. The van der Waals surface area contributed by atoms with E-state index in [0.29, 0.717) is 12.0 Å². The third kappa shape index (κ3) is 2.14. The first-order valence-electron chi connectivity index (χ1n) is 6.84. The Balaban J connectivity index is 1.97. The summed E-state index contributed by atoms with van der Waals surface area (Å²) in [6.45, 7) is 0. The van der Waals surface area contributed by atoms with Gasteiger partial charge in [-0.3, -0.25) is 14.4 Å². The zero-order valence-electron chi connectivity index (χ0n) is 11.2. The van der Waals surface area contributed by atoms with Crippen LogP contribution in [0.15, 0.2) is 29.2 Å². The summed E-state index contributed by atoms with van der Waals surface area (Å²) >= 11 is 0. The van der Waals surface area contributed by atoms with Crippen molar-refractivity contribution in [3.63, 3.8) is 0 Å². The van der Waals surface area contributed by atoms with Crippen molar-refractivity contribution in [1.29, 1.82) is 0 Å². The molecule has 1 fully saturated rings. The lowest BCUT2D eigenvalue weighted by atomic mass is 9.82. The summed E-state index contributed by atoms with van der Waals surface area (Å²) < 4.78 is 24.9. The van der Waals surface area contributed by atoms with E-state index < -0.39 is 38.4 Å². The number of hydrogen-bond donors (Lipinski definition) is 0. The Morgan fingerprint density at radius 1 is 1.05 bits per heavy atom. The van der Waals surface area contributed by atoms with Gasteiger partial charge in [-0.25, -0.2) is 8.42 Å². The van der Waals surface area contributed by atoms with Gasteiger partial charge >= 0.3 is 0 Å². The summed E-state index contributed by atoms with van der Waals surface area (Å²) in [6.07, 6.45) is 0.831. The lowest BCUT2D eigenvalue weighted by molar-refractivity contribution is -0.141. The summed E-state index contributed by atoms with van der Waals surface area (Å²) in [5.41, 5.74) is 0.576. The maximum absolute atomic E-state index is 12.5. The molecule has 1 saturated carbocycles. The van der Waals surface area contributed by atoms with Gasteiger partial charge in [0.2, 0.25) is 0 Å². The second kappa shape index (κ2) is 4.87. The van der Waals surface area contributed by atoms with Crippen molar-refractivity contribution in [2.75, 3.05) is 0 Å². The molecule has 1 heterocycles. The highest BCUT2D eigenvalue weighted by Crippen LogP contribution is 2.34. The van der Waals surface area contributed by atoms with E-state index in [1.54, 1.807) is 18.2 Å². The van der Waals surface area contributed by atoms with Gasteiger partial charge in [-0.05, 0) is 24.5 Å². The average molecular weight is 306 g/mol. The van der Waals surface area contributed by atoms with E-state index >= 15 is 0 Å². The van der Waals surface area contributed by atoms with E-state index in [9.17, 15) is 22.8 Å². The molecule has 1 aliphatic carbocycles. The standard InChI is InChI=1S/C15H14O5S/c16-10-5-3-6-11(17)14(10)15(18)13-8-9-4-1-2-7-12(9)21(13,19)20/h1-2,4,7,13-14H,3,5-6,8H2. The molecule has 0 radical (unpaired) electrons. The molecule has 2 aliphatic rings. The van der Waals surface area contributed by atoms with Crippen LogP contribution < -0.4 is 0 Å². The number of rotatable bonds is 2. The molecule has 110 valence electrons. The van der Waals surface area contributed by atoms with E-state index in [2.05, 4.69) is 0 Å². The van der Waals surface area contributed by atoms with Gasteiger partial charge in [-0.15, -0.1) is 0 Å². The minimum atomic E-state index is -3.80. The molecule has 0 amide bonds. The second-order valence-electron chi connectivity index (χ2n) is 5.47. The smallest absolute Gasteiger partial charge is 0.188 e. The molecule has 1 aromatic rings. The van der Waals surface area contributed by atoms with Gasteiger partial charge in [-0.2, -0.15) is 0 Å². The van der Waals surface area contributed by atoms with Crippen molar-refractivity contribution < 1.29 is 22.8 Å². The molecule has 0 bridgehead atoms. The number of Topliss-reactive ketones (excluding diaryl/α,β-unsaturated/α-hetero) is 3. The van der Waals surface area contributed by atoms with Gasteiger partial charge in [0, 0.05) is 12.8 Å². The van der Waals surface area contributed by atoms with E-state index in [0.717, 1.165) is 0 Å². The Morgan fingerprint density at radius 2 is 1.67 bits per heavy atom. The van der Waals surface area contributed by atoms with Crippen LogP contribution in [0.1, 0.15) is 24.8 Å². The lowest BCUT2D eigenvalue weighted by Gasteiger charge is -2.20. The highest BCUT2D eigenvalue weighted by atomic mass is 32.2. The Kier molecular flexibility index (Phi) is 3.28. The number of ketones is 3. The minimum Gasteiger partial charge on any atom is -0.298 e. The van der Waals surface area contributed by atoms with Crippen molar-refractivity contribution >= 4 is 27.2 Å². The molecule has 1 aliphatic heterocycles. The van der Waals surface area contributed by atoms with Crippen LogP contribution in [0.5, 0.6) is 0 Å². The monoisotopic (exact) mass is 306 g/mol. The fraction of sp³-hybridized carbons (Fsp3) is 0.400. The molecular formula is C15H14O5S. The number of carbonyl (C=O) groups excluding carboxylic acids is 3. The number of sulfone groups is 1. The number of fused-ring (bicyclic) bond motifs is 1. The van der Waals surface area contributed by atoms with Crippen LogP contribution in [0.4, 0.5) is 0 Å². The molecule has 5 nitrogen and oxygen atoms in total. The van der Waals surface area contributed by atoms with Crippen molar-refractivity contribution in [1.82, 2.24) is 0 Å². The summed E-state index contributed by atoms with van der Waals surface area (Å²) in [5.74, 6) is -3.02. The normalized spacial score (nSPS) is 24.9. The Labute approximate surface area is 122 Å². The fourth-order valence-electron chi connectivity index (χ4n) is 3.07. The molecule has 3 rings (SSSR count). The van der Waals surface area contributed by atoms with Crippen LogP contribution in [-0.2, 0) is 30.6 Å². The first kappa shape index (κ1) is 14.1. The highest BCUT2D eigenvalue weighted by Gasteiger charge is 2.48. The molecule has 21 heavy (non-hydrogen) atoms. The molecule has 0 N–H and O–H groups in total. The van der Waals surface area contributed by atoms with Crippen LogP contribution >= 0.6 is 0 Å². The molecular weight excluding hydrogens is 292 g/mol. The first-order valence-corrected chi connectivity index (χ1v) is 8.38. The number of hydrogen-bond acceptors (Lipinski definition) is 5. The summed E-state index contributed by atoms with van der Waals surface area (Å²) in [5, 5.41) is -1.30. The van der Waals surface area contributed by atoms with Crippen LogP contribution in [0.25, 0.3) is 0 Å². The van der Waals surface area contributed by atoms with Gasteiger partial charge < -0.3 is 0 Å². The number of carbonyl (C=O) groups is 3. The summed E-state index contributed by atoms with van der Waals surface area (Å²) in [7, 11) is -3.80. The van der Waals surface area contributed by atoms with Crippen molar-refractivity contribution in [3.05, 3.63) is 29.8 Å². The zero-order chi connectivity index (χ0) is 15.2. The van der Waals surface area contributed by atoms with Gasteiger partial charge in [0.1, 0.15) is 11.2 Å². The quantitative estimate of drug-likeness (QED) is 0.758. The van der Waals surface area contributed by atoms with Gasteiger partial charge in [0.25, 0.3) is 0 Å². The molecule has 0 saturated heterocycles. The average Bonchev–Trinajstić information content (AvgIpc) is 2.71. The molecule has 0 aromatic heterocycles. The Morgan fingerprint density at radius 3 is 2.29 bits per heavy atom. The Hall–Kier alpha value is -1.82.